The van der Waals surface area contributed by atoms with E-state index in [1.54, 1.807) is 0 Å². The number of rotatable bonds is 6. The van der Waals surface area contributed by atoms with Crippen LogP contribution in [-0.4, -0.2) is 40.7 Å². The fraction of sp³-hybridized carbons (Fsp3) is 0.867. The van der Waals surface area contributed by atoms with Crippen LogP contribution in [0.15, 0.2) is 0 Å². The number of hydrogen-bond acceptors (Lipinski definition) is 3. The number of amides is 2. The maximum atomic E-state index is 12.1. The fourth-order valence-corrected chi connectivity index (χ4v) is 3.58. The van der Waals surface area contributed by atoms with Crippen LogP contribution in [0.1, 0.15) is 52.9 Å². The predicted octanol–water partition coefficient (Wildman–Crippen LogP) is 2.85. The Morgan fingerprint density at radius 3 is 2.29 bits per heavy atom. The van der Waals surface area contributed by atoms with Crippen LogP contribution >= 0.6 is 11.8 Å². The van der Waals surface area contributed by atoms with Crippen LogP contribution in [0.4, 0.5) is 4.79 Å². The highest BCUT2D eigenvalue weighted by atomic mass is 32.2. The molecule has 0 heterocycles. The molecule has 6 heteroatoms. The van der Waals surface area contributed by atoms with E-state index in [4.69, 9.17) is 5.11 Å². The molecule has 2 amide bonds. The van der Waals surface area contributed by atoms with Gasteiger partial charge in [-0.3, -0.25) is 4.79 Å². The van der Waals surface area contributed by atoms with Crippen molar-refractivity contribution in [1.82, 2.24) is 10.6 Å². The molecule has 21 heavy (non-hydrogen) atoms. The van der Waals surface area contributed by atoms with Crippen LogP contribution in [0, 0.1) is 5.41 Å². The van der Waals surface area contributed by atoms with Gasteiger partial charge in [0, 0.05) is 17.3 Å². The SMILES string of the molecule is CSC1(CNC(=O)NC(CC(=O)O)C(C)(C)C)CCCC1. The van der Waals surface area contributed by atoms with E-state index in [9.17, 15) is 9.59 Å². The minimum absolute atomic E-state index is 0.0649. The Balaban J connectivity index is 2.52. The van der Waals surface area contributed by atoms with Gasteiger partial charge in [-0.05, 0) is 24.5 Å². The monoisotopic (exact) mass is 316 g/mol. The van der Waals surface area contributed by atoms with Gasteiger partial charge in [-0.2, -0.15) is 11.8 Å². The van der Waals surface area contributed by atoms with Crippen LogP contribution in [0.5, 0.6) is 0 Å². The van der Waals surface area contributed by atoms with E-state index in [-0.39, 0.29) is 28.7 Å². The number of thioether (sulfide) groups is 1. The number of carbonyl (C=O) groups is 2. The lowest BCUT2D eigenvalue weighted by molar-refractivity contribution is -0.138. The molecule has 5 nitrogen and oxygen atoms in total. The number of carboxylic acids is 1. The Hall–Kier alpha value is -0.910. The first-order valence-electron chi connectivity index (χ1n) is 7.50. The van der Waals surface area contributed by atoms with Gasteiger partial charge in [-0.25, -0.2) is 4.79 Å². The van der Waals surface area contributed by atoms with Crippen molar-refractivity contribution in [1.29, 1.82) is 0 Å². The lowest BCUT2D eigenvalue weighted by Crippen LogP contribution is -2.51. The molecule has 0 aromatic rings. The third-order valence-electron chi connectivity index (χ3n) is 4.25. The van der Waals surface area contributed by atoms with E-state index in [1.807, 2.05) is 32.5 Å². The first-order valence-corrected chi connectivity index (χ1v) is 8.72. The Labute approximate surface area is 131 Å². The summed E-state index contributed by atoms with van der Waals surface area (Å²) in [5.41, 5.74) is -0.291. The molecule has 1 atom stereocenters. The number of hydrogen-bond donors (Lipinski definition) is 3. The molecule has 1 fully saturated rings. The number of carboxylic acid groups (broad SMARTS) is 1. The average Bonchev–Trinajstić information content (AvgIpc) is 2.83. The van der Waals surface area contributed by atoms with Crippen molar-refractivity contribution in [3.05, 3.63) is 0 Å². The fourth-order valence-electron chi connectivity index (χ4n) is 2.67. The summed E-state index contributed by atoms with van der Waals surface area (Å²) >= 11 is 1.82. The van der Waals surface area contributed by atoms with Crippen molar-refractivity contribution in [2.24, 2.45) is 5.41 Å². The van der Waals surface area contributed by atoms with Crippen molar-refractivity contribution in [3.63, 3.8) is 0 Å². The molecule has 0 aliphatic heterocycles. The van der Waals surface area contributed by atoms with Gasteiger partial charge < -0.3 is 15.7 Å². The molecule has 122 valence electrons. The first kappa shape index (κ1) is 18.1. The molecular weight excluding hydrogens is 288 g/mol. The quantitative estimate of drug-likeness (QED) is 0.704. The van der Waals surface area contributed by atoms with Crippen LogP contribution in [0.3, 0.4) is 0 Å². The number of carbonyl (C=O) groups excluding carboxylic acids is 1. The molecule has 1 unspecified atom stereocenters. The molecule has 0 aromatic heterocycles. The number of urea groups is 1. The van der Waals surface area contributed by atoms with Crippen LogP contribution in [0.25, 0.3) is 0 Å². The molecule has 0 aromatic carbocycles. The Kier molecular flexibility index (Phi) is 6.38. The second kappa shape index (κ2) is 7.38. The third kappa shape index (κ3) is 5.77. The third-order valence-corrected chi connectivity index (χ3v) is 5.67. The standard InChI is InChI=1S/C15H28N2O3S/c1-14(2,3)11(9-12(18)19)17-13(20)16-10-15(21-4)7-5-6-8-15/h11H,5-10H2,1-4H3,(H,18,19)(H2,16,17,20). The maximum absolute atomic E-state index is 12.1. The van der Waals surface area contributed by atoms with E-state index in [0.29, 0.717) is 6.54 Å². The molecular formula is C15H28N2O3S. The zero-order valence-electron chi connectivity index (χ0n) is 13.5. The molecule has 1 saturated carbocycles. The molecule has 0 bridgehead atoms. The summed E-state index contributed by atoms with van der Waals surface area (Å²) < 4.78 is 0.154. The van der Waals surface area contributed by atoms with E-state index in [2.05, 4.69) is 16.9 Å². The van der Waals surface area contributed by atoms with Gasteiger partial charge in [0.1, 0.15) is 0 Å². The summed E-state index contributed by atoms with van der Waals surface area (Å²) in [7, 11) is 0. The summed E-state index contributed by atoms with van der Waals surface area (Å²) in [6.45, 7) is 6.44. The minimum Gasteiger partial charge on any atom is -0.481 e. The molecule has 0 spiro atoms. The zero-order chi connectivity index (χ0) is 16.1. The lowest BCUT2D eigenvalue weighted by atomic mass is 9.85. The highest BCUT2D eigenvalue weighted by Gasteiger charge is 2.34. The van der Waals surface area contributed by atoms with Crippen LogP contribution < -0.4 is 10.6 Å². The predicted molar refractivity (Wildman–Crippen MR) is 86.7 cm³/mol. The summed E-state index contributed by atoms with van der Waals surface area (Å²) in [6, 6.07) is -0.652. The highest BCUT2D eigenvalue weighted by molar-refractivity contribution is 8.00. The van der Waals surface area contributed by atoms with E-state index in [0.717, 1.165) is 12.8 Å². The highest BCUT2D eigenvalue weighted by Crippen LogP contribution is 2.39. The van der Waals surface area contributed by atoms with E-state index >= 15 is 0 Å². The second-order valence-electron chi connectivity index (χ2n) is 6.94. The molecule has 3 N–H and O–H groups in total. The molecule has 0 saturated heterocycles. The molecule has 1 rings (SSSR count). The van der Waals surface area contributed by atoms with E-state index in [1.165, 1.54) is 12.8 Å². The summed E-state index contributed by atoms with van der Waals surface area (Å²) in [5.74, 6) is -0.897. The lowest BCUT2D eigenvalue weighted by Gasteiger charge is -2.32. The van der Waals surface area contributed by atoms with Gasteiger partial charge >= 0.3 is 12.0 Å². The second-order valence-corrected chi connectivity index (χ2v) is 8.21. The molecule has 0 radical (unpaired) electrons. The molecule has 1 aliphatic carbocycles. The number of aliphatic carboxylic acids is 1. The van der Waals surface area contributed by atoms with Gasteiger partial charge in [0.05, 0.1) is 6.42 Å². The zero-order valence-corrected chi connectivity index (χ0v) is 14.3. The number of nitrogens with one attached hydrogen (secondary N) is 2. The Morgan fingerprint density at radius 1 is 1.29 bits per heavy atom. The van der Waals surface area contributed by atoms with Gasteiger partial charge in [-0.15, -0.1) is 0 Å². The van der Waals surface area contributed by atoms with Gasteiger partial charge in [0.2, 0.25) is 0 Å². The topological polar surface area (TPSA) is 78.4 Å². The smallest absolute Gasteiger partial charge is 0.315 e. The van der Waals surface area contributed by atoms with Crippen molar-refractivity contribution >= 4 is 23.8 Å². The van der Waals surface area contributed by atoms with Crippen molar-refractivity contribution in [2.45, 2.75) is 63.7 Å². The van der Waals surface area contributed by atoms with Crippen LogP contribution in [-0.2, 0) is 4.79 Å². The maximum Gasteiger partial charge on any atom is 0.315 e. The Morgan fingerprint density at radius 2 is 1.86 bits per heavy atom. The largest absolute Gasteiger partial charge is 0.481 e. The van der Waals surface area contributed by atoms with Gasteiger partial charge in [0.25, 0.3) is 0 Å². The summed E-state index contributed by atoms with van der Waals surface area (Å²) in [6.07, 6.45) is 6.72. The van der Waals surface area contributed by atoms with Gasteiger partial charge in [0.15, 0.2) is 0 Å². The van der Waals surface area contributed by atoms with Crippen molar-refractivity contribution in [2.75, 3.05) is 12.8 Å². The normalized spacial score (nSPS) is 19.0. The van der Waals surface area contributed by atoms with Crippen molar-refractivity contribution < 1.29 is 14.7 Å². The average molecular weight is 316 g/mol. The first-order chi connectivity index (χ1) is 9.68. The Bertz CT molecular complexity index is 374. The van der Waals surface area contributed by atoms with Crippen molar-refractivity contribution in [3.8, 4) is 0 Å². The van der Waals surface area contributed by atoms with Gasteiger partial charge in [-0.1, -0.05) is 33.6 Å². The molecule has 1 aliphatic rings. The summed E-state index contributed by atoms with van der Waals surface area (Å²) in [5, 5.41) is 14.7. The van der Waals surface area contributed by atoms with E-state index < -0.39 is 5.97 Å². The van der Waals surface area contributed by atoms with Crippen LogP contribution in [0.2, 0.25) is 0 Å². The summed E-state index contributed by atoms with van der Waals surface area (Å²) in [4.78, 5) is 23.0. The minimum atomic E-state index is -0.897.